The highest BCUT2D eigenvalue weighted by atomic mass is 16.5. The minimum absolute atomic E-state index is 0.550. The number of ether oxygens (including phenoxy) is 1. The van der Waals surface area contributed by atoms with Crippen molar-refractivity contribution in [1.29, 1.82) is 0 Å². The molecule has 0 atom stereocenters. The Morgan fingerprint density at radius 2 is 2.06 bits per heavy atom. The van der Waals surface area contributed by atoms with Gasteiger partial charge in [-0.25, -0.2) is 0 Å². The fourth-order valence-corrected chi connectivity index (χ4v) is 1.32. The van der Waals surface area contributed by atoms with Crippen molar-refractivity contribution in [2.45, 2.75) is 13.0 Å². The molecule has 0 saturated carbocycles. The van der Waals surface area contributed by atoms with Gasteiger partial charge in [0.15, 0.2) is 0 Å². The van der Waals surface area contributed by atoms with E-state index in [-0.39, 0.29) is 0 Å². The van der Waals surface area contributed by atoms with Crippen LogP contribution in [0.25, 0.3) is 0 Å². The van der Waals surface area contributed by atoms with Crippen LogP contribution in [0, 0.1) is 0 Å². The Morgan fingerprint density at radius 3 is 2.69 bits per heavy atom. The second-order valence-corrected chi connectivity index (χ2v) is 3.56. The lowest BCUT2D eigenvalue weighted by Crippen LogP contribution is -2.17. The Balaban J connectivity index is 2.30. The van der Waals surface area contributed by atoms with Gasteiger partial charge >= 0.3 is 0 Å². The van der Waals surface area contributed by atoms with Crippen LogP contribution >= 0.6 is 0 Å². The van der Waals surface area contributed by atoms with E-state index in [1.165, 1.54) is 5.56 Å². The summed E-state index contributed by atoms with van der Waals surface area (Å²) in [6.07, 6.45) is 2.75. The molecule has 1 aromatic rings. The van der Waals surface area contributed by atoms with Crippen LogP contribution in [0.3, 0.4) is 0 Å². The van der Waals surface area contributed by atoms with Crippen molar-refractivity contribution in [3.63, 3.8) is 0 Å². The molecule has 0 bridgehead atoms. The topological polar surface area (TPSA) is 47.3 Å². The first-order valence-electron chi connectivity index (χ1n) is 5.60. The van der Waals surface area contributed by atoms with Gasteiger partial charge in [-0.15, -0.1) is 0 Å². The van der Waals surface area contributed by atoms with Gasteiger partial charge in [0.25, 0.3) is 0 Å². The van der Waals surface area contributed by atoms with E-state index in [1.807, 2.05) is 12.1 Å². The highest BCUT2D eigenvalue weighted by molar-refractivity contribution is 5.27. The van der Waals surface area contributed by atoms with Crippen LogP contribution < -0.4 is 15.8 Å². The highest BCUT2D eigenvalue weighted by Crippen LogP contribution is 2.11. The molecule has 3 nitrogen and oxygen atoms in total. The van der Waals surface area contributed by atoms with Gasteiger partial charge in [-0.3, -0.25) is 0 Å². The summed E-state index contributed by atoms with van der Waals surface area (Å²) >= 11 is 0. The van der Waals surface area contributed by atoms with Crippen LogP contribution in [-0.4, -0.2) is 19.7 Å². The van der Waals surface area contributed by atoms with Gasteiger partial charge in [-0.2, -0.15) is 0 Å². The molecule has 0 heterocycles. The quantitative estimate of drug-likeness (QED) is 0.517. The molecule has 88 valence electrons. The third-order valence-electron chi connectivity index (χ3n) is 2.18. The van der Waals surface area contributed by atoms with Gasteiger partial charge in [0, 0.05) is 6.54 Å². The van der Waals surface area contributed by atoms with E-state index in [2.05, 4.69) is 24.0 Å². The third kappa shape index (κ3) is 4.96. The summed E-state index contributed by atoms with van der Waals surface area (Å²) in [7, 11) is 0. The first-order chi connectivity index (χ1) is 7.86. The molecular weight excluding hydrogens is 200 g/mol. The molecule has 0 amide bonds. The summed E-state index contributed by atoms with van der Waals surface area (Å²) < 4.78 is 5.40. The van der Waals surface area contributed by atoms with E-state index < -0.39 is 0 Å². The van der Waals surface area contributed by atoms with Crippen molar-refractivity contribution in [3.05, 3.63) is 42.5 Å². The van der Waals surface area contributed by atoms with Gasteiger partial charge < -0.3 is 15.8 Å². The van der Waals surface area contributed by atoms with Crippen LogP contribution in [0.2, 0.25) is 0 Å². The zero-order chi connectivity index (χ0) is 11.6. The van der Waals surface area contributed by atoms with E-state index in [4.69, 9.17) is 10.5 Å². The second kappa shape index (κ2) is 7.91. The second-order valence-electron chi connectivity index (χ2n) is 3.56. The molecule has 0 spiro atoms. The van der Waals surface area contributed by atoms with Crippen LogP contribution in [0.1, 0.15) is 12.0 Å². The summed E-state index contributed by atoms with van der Waals surface area (Å²) in [6, 6.07) is 8.08. The summed E-state index contributed by atoms with van der Waals surface area (Å²) in [4.78, 5) is 0. The minimum atomic E-state index is 0.550. The lowest BCUT2D eigenvalue weighted by Gasteiger charge is -2.06. The van der Waals surface area contributed by atoms with E-state index in [9.17, 15) is 0 Å². The van der Waals surface area contributed by atoms with E-state index >= 15 is 0 Å². The predicted molar refractivity (Wildman–Crippen MR) is 67.5 cm³/mol. The number of nitrogens with two attached hydrogens (primary N) is 1. The van der Waals surface area contributed by atoms with Crippen molar-refractivity contribution in [1.82, 2.24) is 5.32 Å². The SMILES string of the molecule is C=CCOc1ccc(CNCCCN)cc1. The van der Waals surface area contributed by atoms with Crippen LogP contribution in [0.15, 0.2) is 36.9 Å². The number of benzene rings is 1. The number of hydrogen-bond acceptors (Lipinski definition) is 3. The van der Waals surface area contributed by atoms with E-state index in [1.54, 1.807) is 6.08 Å². The first kappa shape index (κ1) is 12.7. The largest absolute Gasteiger partial charge is 0.490 e. The average Bonchev–Trinajstić information content (AvgIpc) is 2.33. The van der Waals surface area contributed by atoms with Crippen molar-refractivity contribution < 1.29 is 4.74 Å². The molecule has 1 aromatic carbocycles. The Labute approximate surface area is 97.3 Å². The third-order valence-corrected chi connectivity index (χ3v) is 2.18. The van der Waals surface area contributed by atoms with E-state index in [0.717, 1.165) is 31.8 Å². The van der Waals surface area contributed by atoms with E-state index in [0.29, 0.717) is 6.61 Å². The Hall–Kier alpha value is -1.32. The zero-order valence-electron chi connectivity index (χ0n) is 9.61. The molecule has 0 aliphatic carbocycles. The fourth-order valence-electron chi connectivity index (χ4n) is 1.32. The zero-order valence-corrected chi connectivity index (χ0v) is 9.61. The summed E-state index contributed by atoms with van der Waals surface area (Å²) in [5, 5.41) is 3.33. The summed E-state index contributed by atoms with van der Waals surface area (Å²) in [5.74, 6) is 0.880. The lowest BCUT2D eigenvalue weighted by molar-refractivity contribution is 0.363. The van der Waals surface area contributed by atoms with Gasteiger partial charge in [0.2, 0.25) is 0 Å². The lowest BCUT2D eigenvalue weighted by atomic mass is 10.2. The smallest absolute Gasteiger partial charge is 0.119 e. The Bertz CT molecular complexity index is 295. The molecule has 0 aliphatic heterocycles. The molecule has 0 radical (unpaired) electrons. The molecule has 0 aromatic heterocycles. The molecule has 3 heteroatoms. The van der Waals surface area contributed by atoms with Crippen LogP contribution in [-0.2, 0) is 6.54 Å². The summed E-state index contributed by atoms with van der Waals surface area (Å²) in [5.41, 5.74) is 6.66. The fraction of sp³-hybridized carbons (Fsp3) is 0.385. The maximum atomic E-state index is 5.41. The van der Waals surface area contributed by atoms with Gasteiger partial charge in [0.05, 0.1) is 0 Å². The number of rotatable bonds is 8. The number of hydrogen-bond donors (Lipinski definition) is 2. The maximum Gasteiger partial charge on any atom is 0.119 e. The average molecular weight is 220 g/mol. The van der Waals surface area contributed by atoms with Gasteiger partial charge in [-0.1, -0.05) is 24.8 Å². The number of nitrogens with one attached hydrogen (secondary N) is 1. The minimum Gasteiger partial charge on any atom is -0.490 e. The maximum absolute atomic E-state index is 5.41. The van der Waals surface area contributed by atoms with Crippen LogP contribution in [0.4, 0.5) is 0 Å². The molecule has 0 fully saturated rings. The molecule has 1 rings (SSSR count). The molecule has 0 aliphatic rings. The Morgan fingerprint density at radius 1 is 1.31 bits per heavy atom. The van der Waals surface area contributed by atoms with Crippen LogP contribution in [0.5, 0.6) is 5.75 Å². The molecule has 0 unspecified atom stereocenters. The van der Waals surface area contributed by atoms with Crippen molar-refractivity contribution in [2.75, 3.05) is 19.7 Å². The van der Waals surface area contributed by atoms with Gasteiger partial charge in [-0.05, 0) is 37.2 Å². The summed E-state index contributed by atoms with van der Waals surface area (Å²) in [6.45, 7) is 6.73. The molecule has 16 heavy (non-hydrogen) atoms. The molecular formula is C13H20N2O. The molecule has 3 N–H and O–H groups in total. The first-order valence-corrected chi connectivity index (χ1v) is 5.60. The predicted octanol–water partition coefficient (Wildman–Crippen LogP) is 1.69. The standard InChI is InChI=1S/C13H20N2O/c1-2-10-16-13-6-4-12(5-7-13)11-15-9-3-8-14/h2,4-7,15H,1,3,8-11,14H2. The van der Waals surface area contributed by atoms with Crippen molar-refractivity contribution in [2.24, 2.45) is 5.73 Å². The van der Waals surface area contributed by atoms with Crippen molar-refractivity contribution in [3.8, 4) is 5.75 Å². The van der Waals surface area contributed by atoms with Crippen molar-refractivity contribution >= 4 is 0 Å². The Kier molecular flexibility index (Phi) is 6.30. The monoisotopic (exact) mass is 220 g/mol. The molecule has 0 saturated heterocycles. The highest BCUT2D eigenvalue weighted by Gasteiger charge is 1.94. The van der Waals surface area contributed by atoms with Gasteiger partial charge in [0.1, 0.15) is 12.4 Å². The normalized spacial score (nSPS) is 10.1.